The minimum Gasteiger partial charge on any atom is -0.481 e. The van der Waals surface area contributed by atoms with Crippen molar-refractivity contribution in [1.29, 1.82) is 0 Å². The van der Waals surface area contributed by atoms with Gasteiger partial charge in [-0.2, -0.15) is 0 Å². The second-order valence-corrected chi connectivity index (χ2v) is 5.99. The molecule has 2 aromatic rings. The number of ether oxygens (including phenoxy) is 1. The van der Waals surface area contributed by atoms with E-state index in [9.17, 15) is 9.59 Å². The summed E-state index contributed by atoms with van der Waals surface area (Å²) >= 11 is 5.91. The molecule has 2 amide bonds. The highest BCUT2D eigenvalue weighted by Gasteiger charge is 2.17. The van der Waals surface area contributed by atoms with Crippen LogP contribution in [-0.4, -0.2) is 17.9 Å². The van der Waals surface area contributed by atoms with Crippen LogP contribution in [0.4, 0.5) is 11.4 Å². The van der Waals surface area contributed by atoms with Gasteiger partial charge in [-0.25, -0.2) is 0 Å². The van der Waals surface area contributed by atoms with Crippen LogP contribution >= 0.6 is 11.6 Å². The Morgan fingerprint density at radius 3 is 2.40 bits per heavy atom. The fourth-order valence-electron chi connectivity index (χ4n) is 2.17. The number of benzene rings is 2. The van der Waals surface area contributed by atoms with E-state index in [2.05, 4.69) is 10.6 Å². The first kappa shape index (κ1) is 18.8. The number of hydrogen-bond donors (Lipinski definition) is 2. The van der Waals surface area contributed by atoms with Crippen molar-refractivity contribution in [2.24, 2.45) is 0 Å². The first-order chi connectivity index (χ1) is 12.0. The van der Waals surface area contributed by atoms with E-state index in [0.717, 1.165) is 6.42 Å². The van der Waals surface area contributed by atoms with Crippen LogP contribution in [0.15, 0.2) is 48.5 Å². The molecule has 132 valence electrons. The molecule has 0 heterocycles. The fourth-order valence-corrected chi connectivity index (χ4v) is 2.35. The topological polar surface area (TPSA) is 67.4 Å². The Kier molecular flexibility index (Phi) is 6.83. The number of carbonyl (C=O) groups excluding carboxylic acids is 2. The molecule has 0 saturated heterocycles. The van der Waals surface area contributed by atoms with Crippen LogP contribution < -0.4 is 15.4 Å². The lowest BCUT2D eigenvalue weighted by Gasteiger charge is -2.17. The van der Waals surface area contributed by atoms with Crippen molar-refractivity contribution in [3.05, 3.63) is 53.6 Å². The predicted molar refractivity (Wildman–Crippen MR) is 100 cm³/mol. The zero-order valence-electron chi connectivity index (χ0n) is 14.2. The SMILES string of the molecule is CCCC(=O)Nc1ccccc1NC(=O)[C@H](C)Oc1cccc(Cl)c1. The molecule has 0 spiro atoms. The summed E-state index contributed by atoms with van der Waals surface area (Å²) in [5.74, 6) is 0.101. The lowest BCUT2D eigenvalue weighted by Crippen LogP contribution is -2.30. The number of nitrogens with one attached hydrogen (secondary N) is 2. The molecule has 0 unspecified atom stereocenters. The largest absolute Gasteiger partial charge is 0.481 e. The van der Waals surface area contributed by atoms with Crippen LogP contribution in [-0.2, 0) is 9.59 Å². The molecule has 0 aromatic heterocycles. The van der Waals surface area contributed by atoms with Gasteiger partial charge in [-0.15, -0.1) is 0 Å². The van der Waals surface area contributed by atoms with Crippen LogP contribution in [0.1, 0.15) is 26.7 Å². The Hall–Kier alpha value is -2.53. The molecule has 0 radical (unpaired) electrons. The van der Waals surface area contributed by atoms with Crippen molar-refractivity contribution >= 4 is 34.8 Å². The number of anilines is 2. The monoisotopic (exact) mass is 360 g/mol. The van der Waals surface area contributed by atoms with Gasteiger partial charge in [0, 0.05) is 11.4 Å². The summed E-state index contributed by atoms with van der Waals surface area (Å²) in [4.78, 5) is 24.2. The maximum atomic E-state index is 12.4. The van der Waals surface area contributed by atoms with Crippen molar-refractivity contribution in [2.75, 3.05) is 10.6 Å². The number of halogens is 1. The molecule has 0 saturated carbocycles. The Morgan fingerprint density at radius 2 is 1.76 bits per heavy atom. The molecule has 1 atom stereocenters. The summed E-state index contributed by atoms with van der Waals surface area (Å²) in [6, 6.07) is 13.9. The summed E-state index contributed by atoms with van der Waals surface area (Å²) in [6.07, 6.45) is 0.458. The quantitative estimate of drug-likeness (QED) is 0.764. The molecule has 0 fully saturated rings. The second kappa shape index (κ2) is 9.08. The fraction of sp³-hybridized carbons (Fsp3) is 0.263. The average molecular weight is 361 g/mol. The first-order valence-electron chi connectivity index (χ1n) is 8.11. The van der Waals surface area contributed by atoms with E-state index in [4.69, 9.17) is 16.3 Å². The van der Waals surface area contributed by atoms with E-state index in [1.54, 1.807) is 55.5 Å². The zero-order chi connectivity index (χ0) is 18.2. The van der Waals surface area contributed by atoms with Gasteiger partial charge >= 0.3 is 0 Å². The third-order valence-electron chi connectivity index (χ3n) is 3.41. The van der Waals surface area contributed by atoms with Crippen LogP contribution in [0, 0.1) is 0 Å². The van der Waals surface area contributed by atoms with Crippen molar-refractivity contribution in [1.82, 2.24) is 0 Å². The molecule has 2 aromatic carbocycles. The molecular formula is C19H21ClN2O3. The van der Waals surface area contributed by atoms with Crippen molar-refractivity contribution in [3.8, 4) is 5.75 Å². The van der Waals surface area contributed by atoms with Gasteiger partial charge in [0.15, 0.2) is 6.10 Å². The van der Waals surface area contributed by atoms with Crippen LogP contribution in [0.3, 0.4) is 0 Å². The molecule has 6 heteroatoms. The summed E-state index contributed by atoms with van der Waals surface area (Å²) < 4.78 is 5.60. The minimum absolute atomic E-state index is 0.0903. The summed E-state index contributed by atoms with van der Waals surface area (Å²) in [7, 11) is 0. The molecule has 2 N–H and O–H groups in total. The van der Waals surface area contributed by atoms with Gasteiger partial charge in [0.05, 0.1) is 11.4 Å². The minimum atomic E-state index is -0.724. The smallest absolute Gasteiger partial charge is 0.265 e. The molecule has 0 bridgehead atoms. The number of hydrogen-bond acceptors (Lipinski definition) is 3. The van der Waals surface area contributed by atoms with Crippen LogP contribution in [0.2, 0.25) is 5.02 Å². The van der Waals surface area contributed by atoms with Crippen molar-refractivity contribution < 1.29 is 14.3 Å². The normalized spacial score (nSPS) is 11.5. The third kappa shape index (κ3) is 5.80. The standard InChI is InChI=1S/C19H21ClN2O3/c1-3-7-18(23)21-16-10-4-5-11-17(16)22-19(24)13(2)25-15-9-6-8-14(20)12-15/h4-6,8-13H,3,7H2,1-2H3,(H,21,23)(H,22,24)/t13-/m0/s1. The first-order valence-corrected chi connectivity index (χ1v) is 8.49. The van der Waals surface area contributed by atoms with E-state index >= 15 is 0 Å². The molecule has 25 heavy (non-hydrogen) atoms. The van der Waals surface area contributed by atoms with Crippen LogP contribution in [0.25, 0.3) is 0 Å². The van der Waals surface area contributed by atoms with Crippen LogP contribution in [0.5, 0.6) is 5.75 Å². The Balaban J connectivity index is 2.03. The zero-order valence-corrected chi connectivity index (χ0v) is 15.0. The molecular weight excluding hydrogens is 340 g/mol. The lowest BCUT2D eigenvalue weighted by molar-refractivity contribution is -0.122. The number of amides is 2. The summed E-state index contributed by atoms with van der Waals surface area (Å²) in [6.45, 7) is 3.58. The van der Waals surface area contributed by atoms with Gasteiger partial charge in [-0.1, -0.05) is 36.7 Å². The number of carbonyl (C=O) groups is 2. The number of para-hydroxylation sites is 2. The lowest BCUT2D eigenvalue weighted by atomic mass is 10.2. The summed E-state index contributed by atoms with van der Waals surface area (Å²) in [5.41, 5.74) is 1.09. The molecule has 0 aliphatic rings. The Bertz CT molecular complexity index is 749. The van der Waals surface area contributed by atoms with E-state index in [1.807, 2.05) is 6.92 Å². The van der Waals surface area contributed by atoms with Gasteiger partial charge in [-0.3, -0.25) is 9.59 Å². The number of rotatable bonds is 7. The molecule has 5 nitrogen and oxygen atoms in total. The van der Waals surface area contributed by atoms with Gasteiger partial charge in [-0.05, 0) is 43.7 Å². The van der Waals surface area contributed by atoms with Gasteiger partial charge in [0.2, 0.25) is 5.91 Å². The summed E-state index contributed by atoms with van der Waals surface area (Å²) in [5, 5.41) is 6.12. The van der Waals surface area contributed by atoms with Gasteiger partial charge in [0.1, 0.15) is 5.75 Å². The maximum absolute atomic E-state index is 12.4. The third-order valence-corrected chi connectivity index (χ3v) is 3.65. The Labute approximate surface area is 152 Å². The van der Waals surface area contributed by atoms with E-state index in [1.165, 1.54) is 0 Å². The average Bonchev–Trinajstić information content (AvgIpc) is 2.56. The van der Waals surface area contributed by atoms with E-state index in [-0.39, 0.29) is 11.8 Å². The highest BCUT2D eigenvalue weighted by molar-refractivity contribution is 6.30. The predicted octanol–water partition coefficient (Wildman–Crippen LogP) is 4.48. The highest BCUT2D eigenvalue weighted by Crippen LogP contribution is 2.23. The van der Waals surface area contributed by atoms with E-state index < -0.39 is 6.10 Å². The van der Waals surface area contributed by atoms with E-state index in [0.29, 0.717) is 28.6 Å². The molecule has 2 rings (SSSR count). The van der Waals surface area contributed by atoms with Gasteiger partial charge in [0.25, 0.3) is 5.91 Å². The second-order valence-electron chi connectivity index (χ2n) is 5.55. The molecule has 0 aliphatic carbocycles. The van der Waals surface area contributed by atoms with Gasteiger partial charge < -0.3 is 15.4 Å². The van der Waals surface area contributed by atoms with Crippen molar-refractivity contribution in [3.63, 3.8) is 0 Å². The van der Waals surface area contributed by atoms with Crippen molar-refractivity contribution in [2.45, 2.75) is 32.8 Å². The highest BCUT2D eigenvalue weighted by atomic mass is 35.5. The molecule has 0 aliphatic heterocycles. The Morgan fingerprint density at radius 1 is 1.08 bits per heavy atom. The maximum Gasteiger partial charge on any atom is 0.265 e.